The van der Waals surface area contributed by atoms with Gasteiger partial charge >= 0.3 is 0 Å². The average Bonchev–Trinajstić information content (AvgIpc) is 2.93. The predicted molar refractivity (Wildman–Crippen MR) is 160 cm³/mol. The summed E-state index contributed by atoms with van der Waals surface area (Å²) in [6, 6.07) is 27.3. The number of anilines is 1. The fraction of sp³-hybridized carbons (Fsp3) is 0.161. The third kappa shape index (κ3) is 7.28. The molecule has 0 spiro atoms. The Hall–Kier alpha value is -4.14. The van der Waals surface area contributed by atoms with Gasteiger partial charge in [-0.15, -0.1) is 0 Å². The molecule has 4 aromatic carbocycles. The van der Waals surface area contributed by atoms with Crippen LogP contribution in [0.1, 0.15) is 40.9 Å². The van der Waals surface area contributed by atoms with Crippen LogP contribution in [0.3, 0.4) is 0 Å². The minimum absolute atomic E-state index is 0.00820. The Bertz CT molecular complexity index is 1590. The number of halogens is 1. The molecule has 4 aromatic rings. The lowest BCUT2D eigenvalue weighted by Crippen LogP contribution is -2.33. The van der Waals surface area contributed by atoms with E-state index in [1.54, 1.807) is 72.8 Å². The van der Waals surface area contributed by atoms with Crippen LogP contribution in [0.5, 0.6) is 5.75 Å². The first-order chi connectivity index (χ1) is 19.1. The largest absolute Gasteiger partial charge is 0.491 e. The van der Waals surface area contributed by atoms with Gasteiger partial charge in [0.25, 0.3) is 15.9 Å². The third-order valence-electron chi connectivity index (χ3n) is 5.90. The van der Waals surface area contributed by atoms with Crippen LogP contribution in [-0.2, 0) is 16.6 Å². The number of aryl methyl sites for hydroxylation is 1. The third-order valence-corrected chi connectivity index (χ3v) is 7.92. The molecule has 40 heavy (non-hydrogen) atoms. The molecule has 7 nitrogen and oxygen atoms in total. The number of nitrogens with one attached hydrogen (secondary N) is 1. The lowest BCUT2D eigenvalue weighted by molar-refractivity contribution is 0.0955. The summed E-state index contributed by atoms with van der Waals surface area (Å²) in [5.41, 5.74) is 5.30. The van der Waals surface area contributed by atoms with Gasteiger partial charge in [0, 0.05) is 5.02 Å². The number of carbonyl (C=O) groups excluding carboxylic acids is 1. The van der Waals surface area contributed by atoms with Crippen LogP contribution in [0.25, 0.3) is 0 Å². The van der Waals surface area contributed by atoms with Crippen molar-refractivity contribution < 1.29 is 17.9 Å². The summed E-state index contributed by atoms with van der Waals surface area (Å²) in [6.45, 7) is 5.78. The van der Waals surface area contributed by atoms with Crippen LogP contribution in [0.2, 0.25) is 5.02 Å². The SMILES string of the molecule is Cc1ccc(S(=O)(=O)N(Cc2ccc(Cl)cc2)c2ccccc2C(=O)NN=Cc2ccc(OC(C)C)cc2)cc1. The molecule has 0 aliphatic carbocycles. The van der Waals surface area contributed by atoms with Gasteiger partial charge in [-0.1, -0.05) is 53.6 Å². The van der Waals surface area contributed by atoms with Crippen molar-refractivity contribution in [2.24, 2.45) is 5.10 Å². The maximum absolute atomic E-state index is 13.9. The summed E-state index contributed by atoms with van der Waals surface area (Å²) in [7, 11) is -4.04. The predicted octanol–water partition coefficient (Wildman–Crippen LogP) is 6.60. The molecule has 0 saturated carbocycles. The number of para-hydroxylation sites is 1. The van der Waals surface area contributed by atoms with E-state index in [0.29, 0.717) is 10.6 Å². The Morgan fingerprint density at radius 3 is 2.25 bits per heavy atom. The first kappa shape index (κ1) is 28.9. The first-order valence-corrected chi connectivity index (χ1v) is 14.5. The van der Waals surface area contributed by atoms with Crippen LogP contribution in [0.4, 0.5) is 5.69 Å². The number of hydrazone groups is 1. The number of ether oxygens (including phenoxy) is 1. The molecule has 0 fully saturated rings. The highest BCUT2D eigenvalue weighted by Crippen LogP contribution is 2.30. The normalized spacial score (nSPS) is 11.5. The maximum atomic E-state index is 13.9. The molecule has 9 heteroatoms. The minimum Gasteiger partial charge on any atom is -0.491 e. The molecule has 1 N–H and O–H groups in total. The van der Waals surface area contributed by atoms with Gasteiger partial charge in [-0.3, -0.25) is 9.10 Å². The highest BCUT2D eigenvalue weighted by Gasteiger charge is 2.28. The fourth-order valence-corrected chi connectivity index (χ4v) is 5.50. The maximum Gasteiger partial charge on any atom is 0.273 e. The molecule has 0 aliphatic rings. The van der Waals surface area contributed by atoms with Crippen molar-refractivity contribution >= 4 is 39.4 Å². The highest BCUT2D eigenvalue weighted by atomic mass is 35.5. The number of sulfonamides is 1. The van der Waals surface area contributed by atoms with Crippen molar-refractivity contribution in [2.75, 3.05) is 4.31 Å². The van der Waals surface area contributed by atoms with Crippen molar-refractivity contribution in [1.82, 2.24) is 5.43 Å². The van der Waals surface area contributed by atoms with E-state index in [1.807, 2.05) is 45.0 Å². The summed E-state index contributed by atoms with van der Waals surface area (Å²) in [6.07, 6.45) is 1.57. The second kappa shape index (κ2) is 12.8. The summed E-state index contributed by atoms with van der Waals surface area (Å²) < 4.78 is 34.7. The van der Waals surface area contributed by atoms with E-state index < -0.39 is 15.9 Å². The molecule has 0 aromatic heterocycles. The summed E-state index contributed by atoms with van der Waals surface area (Å²) >= 11 is 6.05. The van der Waals surface area contributed by atoms with E-state index in [1.165, 1.54) is 10.5 Å². The summed E-state index contributed by atoms with van der Waals surface area (Å²) in [5, 5.41) is 4.62. The van der Waals surface area contributed by atoms with E-state index in [9.17, 15) is 13.2 Å². The van der Waals surface area contributed by atoms with Crippen LogP contribution in [0.15, 0.2) is 107 Å². The molecule has 0 radical (unpaired) electrons. The van der Waals surface area contributed by atoms with Crippen molar-refractivity contribution in [2.45, 2.75) is 38.3 Å². The number of benzene rings is 4. The molecule has 1 amide bonds. The molecule has 0 bridgehead atoms. The van der Waals surface area contributed by atoms with Crippen LogP contribution >= 0.6 is 11.6 Å². The first-order valence-electron chi connectivity index (χ1n) is 12.7. The Morgan fingerprint density at radius 1 is 0.950 bits per heavy atom. The average molecular weight is 576 g/mol. The van der Waals surface area contributed by atoms with Crippen molar-refractivity contribution in [1.29, 1.82) is 0 Å². The number of amides is 1. The highest BCUT2D eigenvalue weighted by molar-refractivity contribution is 7.92. The fourth-order valence-electron chi connectivity index (χ4n) is 3.91. The van der Waals surface area contributed by atoms with Crippen molar-refractivity contribution in [3.8, 4) is 5.75 Å². The lowest BCUT2D eigenvalue weighted by atomic mass is 10.1. The number of carbonyl (C=O) groups is 1. The molecule has 206 valence electrons. The molecule has 0 heterocycles. The minimum atomic E-state index is -4.04. The zero-order valence-corrected chi connectivity index (χ0v) is 24.0. The summed E-state index contributed by atoms with van der Waals surface area (Å²) in [5.74, 6) is 0.188. The molecule has 0 unspecified atom stereocenters. The molecular weight excluding hydrogens is 546 g/mol. The van der Waals surface area contributed by atoms with Crippen LogP contribution in [-0.4, -0.2) is 26.6 Å². The number of nitrogens with zero attached hydrogens (tertiary/aromatic N) is 2. The Kier molecular flexibility index (Phi) is 9.24. The second-order valence-corrected chi connectivity index (χ2v) is 11.7. The number of rotatable bonds is 10. The van der Waals surface area contributed by atoms with Gasteiger partial charge < -0.3 is 4.74 Å². The lowest BCUT2D eigenvalue weighted by Gasteiger charge is -2.26. The Morgan fingerprint density at radius 2 is 1.60 bits per heavy atom. The number of hydrogen-bond donors (Lipinski definition) is 1. The van der Waals surface area contributed by atoms with Crippen molar-refractivity contribution in [3.63, 3.8) is 0 Å². The summed E-state index contributed by atoms with van der Waals surface area (Å²) in [4.78, 5) is 13.4. The Labute approximate surface area is 240 Å². The van der Waals surface area contributed by atoms with Gasteiger partial charge in [-0.2, -0.15) is 5.10 Å². The topological polar surface area (TPSA) is 88.1 Å². The monoisotopic (exact) mass is 575 g/mol. The van der Waals surface area contributed by atoms with Crippen LogP contribution in [0, 0.1) is 6.92 Å². The van der Waals surface area contributed by atoms with Gasteiger partial charge in [-0.05, 0) is 92.6 Å². The van der Waals surface area contributed by atoms with Gasteiger partial charge in [0.05, 0.1) is 35.0 Å². The second-order valence-electron chi connectivity index (χ2n) is 9.40. The standard InChI is InChI=1S/C31H30ClN3O4S/c1-22(2)39-27-16-12-24(13-17-27)20-33-34-31(36)29-6-4-5-7-30(29)35(21-25-10-14-26(32)15-11-25)40(37,38)28-18-8-23(3)9-19-28/h4-20,22H,21H2,1-3H3,(H,34,36). The van der Waals surface area contributed by atoms with Gasteiger partial charge in [-0.25, -0.2) is 13.8 Å². The number of hydrogen-bond acceptors (Lipinski definition) is 5. The van der Waals surface area contributed by atoms with E-state index in [4.69, 9.17) is 16.3 Å². The van der Waals surface area contributed by atoms with E-state index in [2.05, 4.69) is 10.5 Å². The quantitative estimate of drug-likeness (QED) is 0.170. The molecule has 0 saturated heterocycles. The molecular formula is C31H30ClN3O4S. The van der Waals surface area contributed by atoms with E-state index >= 15 is 0 Å². The van der Waals surface area contributed by atoms with Gasteiger partial charge in [0.15, 0.2) is 0 Å². The smallest absolute Gasteiger partial charge is 0.273 e. The van der Waals surface area contributed by atoms with E-state index in [0.717, 1.165) is 16.9 Å². The van der Waals surface area contributed by atoms with Crippen LogP contribution < -0.4 is 14.5 Å². The zero-order chi connectivity index (χ0) is 28.7. The van der Waals surface area contributed by atoms with Crippen molar-refractivity contribution in [3.05, 3.63) is 124 Å². The molecule has 0 atom stereocenters. The Balaban J connectivity index is 1.64. The molecule has 0 aliphatic heterocycles. The van der Waals surface area contributed by atoms with E-state index in [-0.39, 0.29) is 28.8 Å². The van der Waals surface area contributed by atoms with Gasteiger partial charge in [0.1, 0.15) is 5.75 Å². The van der Waals surface area contributed by atoms with Gasteiger partial charge in [0.2, 0.25) is 0 Å². The molecule has 4 rings (SSSR count). The zero-order valence-electron chi connectivity index (χ0n) is 22.4.